The fourth-order valence-electron chi connectivity index (χ4n) is 2.36. The van der Waals surface area contributed by atoms with Crippen LogP contribution in [0, 0.1) is 5.92 Å². The second-order valence-electron chi connectivity index (χ2n) is 5.28. The van der Waals surface area contributed by atoms with E-state index in [0.717, 1.165) is 11.3 Å². The molecule has 0 aromatic heterocycles. The number of hydrazine groups is 1. The summed E-state index contributed by atoms with van der Waals surface area (Å²) in [6.45, 7) is 5.89. The molecule has 2 N–H and O–H groups in total. The van der Waals surface area contributed by atoms with Crippen molar-refractivity contribution in [1.82, 2.24) is 10.9 Å². The maximum Gasteiger partial charge on any atom is 0.265 e. The number of ether oxygens (including phenoxy) is 1. The quantitative estimate of drug-likeness (QED) is 0.608. The number of methoxy groups -OCH3 is 1. The van der Waals surface area contributed by atoms with Crippen molar-refractivity contribution < 1.29 is 9.53 Å². The van der Waals surface area contributed by atoms with E-state index in [1.54, 1.807) is 19.2 Å². The number of hydrogen-bond donors (Lipinski definition) is 2. The average Bonchev–Trinajstić information content (AvgIpc) is 2.62. The molecule has 0 fully saturated rings. The van der Waals surface area contributed by atoms with Crippen LogP contribution < -0.4 is 15.6 Å². The van der Waals surface area contributed by atoms with Crippen molar-refractivity contribution in [1.29, 1.82) is 0 Å². The fraction of sp³-hybridized carbons (Fsp3) is 0.211. The van der Waals surface area contributed by atoms with Gasteiger partial charge in [0.25, 0.3) is 5.91 Å². The average molecular weight is 310 g/mol. The number of hydrogen-bond acceptors (Lipinski definition) is 3. The van der Waals surface area contributed by atoms with E-state index < -0.39 is 0 Å². The minimum absolute atomic E-state index is 0.0994. The molecule has 1 amide bonds. The number of amides is 1. The maximum atomic E-state index is 12.2. The first-order chi connectivity index (χ1) is 11.2. The Morgan fingerprint density at radius 2 is 1.78 bits per heavy atom. The van der Waals surface area contributed by atoms with Crippen LogP contribution in [0.3, 0.4) is 0 Å². The first-order valence-corrected chi connectivity index (χ1v) is 7.53. The first-order valence-electron chi connectivity index (χ1n) is 7.53. The van der Waals surface area contributed by atoms with Crippen molar-refractivity contribution >= 4 is 5.91 Å². The van der Waals surface area contributed by atoms with E-state index in [1.165, 1.54) is 0 Å². The molecule has 2 atom stereocenters. The lowest BCUT2D eigenvalue weighted by Gasteiger charge is -2.25. The molecule has 23 heavy (non-hydrogen) atoms. The Bertz CT molecular complexity index is 655. The smallest absolute Gasteiger partial charge is 0.265 e. The standard InChI is InChI=1S/C19H22N2O2/c1-4-14(2)18(16-12-8-9-13-17(16)23-3)20-21-19(22)15-10-6-5-7-11-15/h4-14,18,20H,1H2,2-3H3,(H,21,22). The van der Waals surface area contributed by atoms with E-state index in [-0.39, 0.29) is 17.9 Å². The zero-order valence-corrected chi connectivity index (χ0v) is 13.5. The van der Waals surface area contributed by atoms with Crippen molar-refractivity contribution in [3.63, 3.8) is 0 Å². The maximum absolute atomic E-state index is 12.2. The van der Waals surface area contributed by atoms with Gasteiger partial charge in [0.1, 0.15) is 5.75 Å². The van der Waals surface area contributed by atoms with Gasteiger partial charge < -0.3 is 4.74 Å². The minimum atomic E-state index is -0.179. The van der Waals surface area contributed by atoms with Gasteiger partial charge in [0.2, 0.25) is 0 Å². The molecule has 4 nitrogen and oxygen atoms in total. The summed E-state index contributed by atoms with van der Waals surface area (Å²) in [4.78, 5) is 12.2. The van der Waals surface area contributed by atoms with E-state index in [1.807, 2.05) is 55.5 Å². The summed E-state index contributed by atoms with van der Waals surface area (Å²) in [6.07, 6.45) is 1.85. The number of carbonyl (C=O) groups is 1. The molecule has 0 saturated heterocycles. The molecule has 0 radical (unpaired) electrons. The Morgan fingerprint density at radius 3 is 2.43 bits per heavy atom. The van der Waals surface area contributed by atoms with E-state index in [9.17, 15) is 4.79 Å². The third kappa shape index (κ3) is 4.20. The van der Waals surface area contributed by atoms with Gasteiger partial charge in [-0.2, -0.15) is 0 Å². The molecule has 0 saturated carbocycles. The van der Waals surface area contributed by atoms with Crippen LogP contribution in [0.25, 0.3) is 0 Å². The van der Waals surface area contributed by atoms with Gasteiger partial charge in [-0.05, 0) is 24.1 Å². The molecule has 0 spiro atoms. The Balaban J connectivity index is 2.17. The highest BCUT2D eigenvalue weighted by molar-refractivity contribution is 5.93. The summed E-state index contributed by atoms with van der Waals surface area (Å²) in [5, 5.41) is 0. The lowest BCUT2D eigenvalue weighted by Crippen LogP contribution is -2.42. The zero-order chi connectivity index (χ0) is 16.7. The summed E-state index contributed by atoms with van der Waals surface area (Å²) in [6, 6.07) is 16.7. The van der Waals surface area contributed by atoms with Crippen LogP contribution in [0.1, 0.15) is 28.9 Å². The van der Waals surface area contributed by atoms with Crippen molar-refractivity contribution in [2.24, 2.45) is 5.92 Å². The van der Waals surface area contributed by atoms with Crippen LogP contribution >= 0.6 is 0 Å². The molecule has 0 aliphatic rings. The Morgan fingerprint density at radius 1 is 1.13 bits per heavy atom. The van der Waals surface area contributed by atoms with Gasteiger partial charge in [-0.15, -0.1) is 6.58 Å². The van der Waals surface area contributed by atoms with Crippen molar-refractivity contribution in [2.75, 3.05) is 7.11 Å². The highest BCUT2D eigenvalue weighted by Crippen LogP contribution is 2.30. The molecule has 0 aliphatic carbocycles. The first kappa shape index (κ1) is 16.8. The molecule has 4 heteroatoms. The number of rotatable bonds is 7. The van der Waals surface area contributed by atoms with Crippen LogP contribution in [0.2, 0.25) is 0 Å². The topological polar surface area (TPSA) is 50.4 Å². The largest absolute Gasteiger partial charge is 0.496 e. The molecule has 0 heterocycles. The third-order valence-corrected chi connectivity index (χ3v) is 3.75. The third-order valence-electron chi connectivity index (χ3n) is 3.75. The summed E-state index contributed by atoms with van der Waals surface area (Å²) in [5.41, 5.74) is 7.45. The summed E-state index contributed by atoms with van der Waals surface area (Å²) in [7, 11) is 1.64. The molecule has 120 valence electrons. The van der Waals surface area contributed by atoms with Crippen LogP contribution in [-0.4, -0.2) is 13.0 Å². The van der Waals surface area contributed by atoms with Crippen LogP contribution in [0.4, 0.5) is 0 Å². The molecule has 0 bridgehead atoms. The lowest BCUT2D eigenvalue weighted by atomic mass is 9.94. The number of nitrogens with one attached hydrogen (secondary N) is 2. The van der Waals surface area contributed by atoms with Gasteiger partial charge >= 0.3 is 0 Å². The van der Waals surface area contributed by atoms with Crippen molar-refractivity contribution in [3.8, 4) is 5.75 Å². The molecule has 2 rings (SSSR count). The van der Waals surface area contributed by atoms with Crippen LogP contribution in [0.15, 0.2) is 67.3 Å². The van der Waals surface area contributed by atoms with Gasteiger partial charge in [-0.3, -0.25) is 10.2 Å². The SMILES string of the molecule is C=CC(C)C(NNC(=O)c1ccccc1)c1ccccc1OC. The molecule has 2 unspecified atom stereocenters. The normalized spacial score (nSPS) is 13.0. The Kier molecular flexibility index (Phi) is 5.94. The molecule has 0 aliphatic heterocycles. The second-order valence-corrected chi connectivity index (χ2v) is 5.28. The molecular weight excluding hydrogens is 288 g/mol. The summed E-state index contributed by atoms with van der Waals surface area (Å²) in [5.74, 6) is 0.691. The number of benzene rings is 2. The number of carbonyl (C=O) groups excluding carboxylic acids is 1. The molecule has 2 aromatic rings. The molecular formula is C19H22N2O2. The monoisotopic (exact) mass is 310 g/mol. The predicted octanol–water partition coefficient (Wildman–Crippen LogP) is 3.49. The van der Waals surface area contributed by atoms with Gasteiger partial charge in [-0.1, -0.05) is 49.4 Å². The van der Waals surface area contributed by atoms with Gasteiger partial charge in [0.05, 0.1) is 13.2 Å². The van der Waals surface area contributed by atoms with E-state index in [2.05, 4.69) is 17.4 Å². The minimum Gasteiger partial charge on any atom is -0.496 e. The predicted molar refractivity (Wildman–Crippen MR) is 92.1 cm³/mol. The Hall–Kier alpha value is -2.59. The molecule has 2 aromatic carbocycles. The van der Waals surface area contributed by atoms with Gasteiger partial charge in [0.15, 0.2) is 0 Å². The van der Waals surface area contributed by atoms with Crippen LogP contribution in [-0.2, 0) is 0 Å². The fourth-order valence-corrected chi connectivity index (χ4v) is 2.36. The number of para-hydroxylation sites is 1. The lowest BCUT2D eigenvalue weighted by molar-refractivity contribution is 0.0920. The summed E-state index contributed by atoms with van der Waals surface area (Å²) >= 11 is 0. The van der Waals surface area contributed by atoms with E-state index in [0.29, 0.717) is 5.56 Å². The summed E-state index contributed by atoms with van der Waals surface area (Å²) < 4.78 is 5.43. The van der Waals surface area contributed by atoms with Crippen LogP contribution in [0.5, 0.6) is 5.75 Å². The van der Waals surface area contributed by atoms with E-state index >= 15 is 0 Å². The zero-order valence-electron chi connectivity index (χ0n) is 13.5. The van der Waals surface area contributed by atoms with Gasteiger partial charge in [-0.25, -0.2) is 5.43 Å². The highest BCUT2D eigenvalue weighted by Gasteiger charge is 2.21. The second kappa shape index (κ2) is 8.15. The highest BCUT2D eigenvalue weighted by atomic mass is 16.5. The van der Waals surface area contributed by atoms with Gasteiger partial charge in [0, 0.05) is 11.1 Å². The van der Waals surface area contributed by atoms with Crippen molar-refractivity contribution in [2.45, 2.75) is 13.0 Å². The van der Waals surface area contributed by atoms with E-state index in [4.69, 9.17) is 4.74 Å². The Labute approximate surface area is 137 Å². The van der Waals surface area contributed by atoms with Crippen molar-refractivity contribution in [3.05, 3.63) is 78.4 Å².